The molecule has 3 N–H and O–H groups in total. The van der Waals surface area contributed by atoms with Crippen molar-refractivity contribution in [3.8, 4) is 11.4 Å². The normalized spacial score (nSPS) is 11.8. The van der Waals surface area contributed by atoms with Crippen LogP contribution in [0, 0.1) is 5.82 Å². The summed E-state index contributed by atoms with van der Waals surface area (Å²) in [6.45, 7) is 1.27. The molecule has 0 aliphatic rings. The van der Waals surface area contributed by atoms with Crippen molar-refractivity contribution < 1.29 is 8.91 Å². The largest absolute Gasteiger partial charge is 0.361 e. The topological polar surface area (TPSA) is 91.1 Å². The van der Waals surface area contributed by atoms with E-state index in [2.05, 4.69) is 30.8 Å². The number of rotatable bonds is 7. The molecular weight excluding hydrogens is 419 g/mol. The Bertz CT molecular complexity index is 1200. The number of aromatic nitrogens is 3. The van der Waals surface area contributed by atoms with Gasteiger partial charge in [0.25, 0.3) is 0 Å². The fourth-order valence-corrected chi connectivity index (χ4v) is 3.48. The first kappa shape index (κ1) is 20.9. The maximum atomic E-state index is 13.3. The zero-order valence-corrected chi connectivity index (χ0v) is 17.7. The summed E-state index contributed by atoms with van der Waals surface area (Å²) in [5.41, 5.74) is 2.74. The Morgan fingerprint density at radius 3 is 2.81 bits per heavy atom. The van der Waals surface area contributed by atoms with Crippen LogP contribution in [0.25, 0.3) is 22.3 Å². The minimum absolute atomic E-state index is 0.246. The molecule has 9 heteroatoms. The van der Waals surface area contributed by atoms with E-state index in [1.54, 1.807) is 25.2 Å². The van der Waals surface area contributed by atoms with Crippen LogP contribution in [0.2, 0.25) is 5.02 Å². The van der Waals surface area contributed by atoms with Gasteiger partial charge < -0.3 is 20.1 Å². The van der Waals surface area contributed by atoms with Crippen molar-refractivity contribution in [1.29, 1.82) is 0 Å². The number of nitrogens with zero attached hydrogens (tertiary/aromatic N) is 3. The van der Waals surface area contributed by atoms with Crippen LogP contribution in [0.3, 0.4) is 0 Å². The van der Waals surface area contributed by atoms with Crippen molar-refractivity contribution in [2.45, 2.75) is 12.8 Å². The molecule has 0 radical (unpaired) electrons. The minimum Gasteiger partial charge on any atom is -0.361 e. The highest BCUT2D eigenvalue weighted by Gasteiger charge is 2.09. The van der Waals surface area contributed by atoms with Gasteiger partial charge in [-0.2, -0.15) is 4.98 Å². The van der Waals surface area contributed by atoms with Crippen LogP contribution < -0.4 is 10.6 Å². The van der Waals surface area contributed by atoms with Crippen molar-refractivity contribution in [2.24, 2.45) is 4.99 Å². The van der Waals surface area contributed by atoms with Gasteiger partial charge in [0, 0.05) is 54.2 Å². The molecule has 4 aromatic rings. The zero-order valence-electron chi connectivity index (χ0n) is 17.0. The number of nitrogens with one attached hydrogen (secondary N) is 3. The van der Waals surface area contributed by atoms with E-state index in [0.29, 0.717) is 42.2 Å². The third-order valence-electron chi connectivity index (χ3n) is 4.82. The predicted octanol–water partition coefficient (Wildman–Crippen LogP) is 3.96. The SMILES string of the molecule is CN=C(NCCc1nc(-c2cccc(Cl)c2)no1)NCCc1c[nH]c2cc(F)ccc12. The molecule has 0 atom stereocenters. The lowest BCUT2D eigenvalue weighted by Gasteiger charge is -2.10. The highest BCUT2D eigenvalue weighted by atomic mass is 35.5. The molecule has 0 aliphatic carbocycles. The molecule has 0 bridgehead atoms. The number of guanidine groups is 1. The molecule has 0 saturated carbocycles. The average Bonchev–Trinajstić information content (AvgIpc) is 3.39. The third kappa shape index (κ3) is 5.21. The van der Waals surface area contributed by atoms with Gasteiger partial charge in [-0.3, -0.25) is 4.99 Å². The lowest BCUT2D eigenvalue weighted by molar-refractivity contribution is 0.378. The van der Waals surface area contributed by atoms with Crippen molar-refractivity contribution in [3.63, 3.8) is 0 Å². The summed E-state index contributed by atoms with van der Waals surface area (Å²) < 4.78 is 18.6. The van der Waals surface area contributed by atoms with Crippen LogP contribution in [0.4, 0.5) is 4.39 Å². The number of aromatic amines is 1. The Morgan fingerprint density at radius 2 is 2.00 bits per heavy atom. The van der Waals surface area contributed by atoms with Crippen molar-refractivity contribution in [3.05, 3.63) is 71.0 Å². The number of hydrogen-bond acceptors (Lipinski definition) is 4. The molecule has 4 rings (SSSR count). The lowest BCUT2D eigenvalue weighted by atomic mass is 10.1. The van der Waals surface area contributed by atoms with Crippen LogP contribution in [0.15, 0.2) is 58.2 Å². The minimum atomic E-state index is -0.246. The van der Waals surface area contributed by atoms with Crippen LogP contribution in [-0.4, -0.2) is 41.2 Å². The van der Waals surface area contributed by atoms with E-state index < -0.39 is 0 Å². The van der Waals surface area contributed by atoms with Gasteiger partial charge in [-0.15, -0.1) is 0 Å². The molecule has 0 amide bonds. The van der Waals surface area contributed by atoms with Gasteiger partial charge in [0.1, 0.15) is 5.82 Å². The predicted molar refractivity (Wildman–Crippen MR) is 120 cm³/mol. The average molecular weight is 441 g/mol. The number of benzene rings is 2. The molecule has 2 aromatic heterocycles. The number of aliphatic imine (C=N–C) groups is 1. The highest BCUT2D eigenvalue weighted by molar-refractivity contribution is 6.30. The molecule has 0 unspecified atom stereocenters. The van der Waals surface area contributed by atoms with Gasteiger partial charge >= 0.3 is 0 Å². The van der Waals surface area contributed by atoms with Gasteiger partial charge in [0.2, 0.25) is 11.7 Å². The molecule has 31 heavy (non-hydrogen) atoms. The van der Waals surface area contributed by atoms with Gasteiger partial charge in [-0.25, -0.2) is 4.39 Å². The number of fused-ring (bicyclic) bond motifs is 1. The van der Waals surface area contributed by atoms with Crippen molar-refractivity contribution >= 4 is 28.5 Å². The van der Waals surface area contributed by atoms with E-state index >= 15 is 0 Å². The first-order chi connectivity index (χ1) is 15.1. The Kier molecular flexibility index (Phi) is 6.47. The van der Waals surface area contributed by atoms with Gasteiger partial charge in [0.05, 0.1) is 0 Å². The first-order valence-corrected chi connectivity index (χ1v) is 10.3. The summed E-state index contributed by atoms with van der Waals surface area (Å²) in [4.78, 5) is 11.7. The smallest absolute Gasteiger partial charge is 0.228 e. The quantitative estimate of drug-likeness (QED) is 0.299. The Morgan fingerprint density at radius 1 is 1.16 bits per heavy atom. The second kappa shape index (κ2) is 9.61. The third-order valence-corrected chi connectivity index (χ3v) is 5.06. The molecule has 0 aliphatic heterocycles. The molecular formula is C22H22ClFN6O. The molecule has 2 heterocycles. The molecule has 2 aromatic carbocycles. The summed E-state index contributed by atoms with van der Waals surface area (Å²) in [5, 5.41) is 12.2. The van der Waals surface area contributed by atoms with E-state index in [-0.39, 0.29) is 5.82 Å². The molecule has 0 fully saturated rings. The van der Waals surface area contributed by atoms with E-state index in [1.165, 1.54) is 12.1 Å². The standard InChI is InChI=1S/C22H22ClFN6O/c1-25-22(26-9-7-15-13-28-19-12-17(24)5-6-18(15)19)27-10-8-20-29-21(30-31-20)14-3-2-4-16(23)11-14/h2-6,11-13,28H,7-10H2,1H3,(H2,25,26,27). The van der Waals surface area contributed by atoms with Gasteiger partial charge in [-0.1, -0.05) is 28.9 Å². The first-order valence-electron chi connectivity index (χ1n) is 9.91. The van der Waals surface area contributed by atoms with Gasteiger partial charge in [-0.05, 0) is 42.3 Å². The van der Waals surface area contributed by atoms with Crippen LogP contribution in [-0.2, 0) is 12.8 Å². The van der Waals surface area contributed by atoms with Crippen molar-refractivity contribution in [2.75, 3.05) is 20.1 Å². The Balaban J connectivity index is 1.24. The Hall–Kier alpha value is -3.39. The van der Waals surface area contributed by atoms with E-state index in [4.69, 9.17) is 16.1 Å². The van der Waals surface area contributed by atoms with Gasteiger partial charge in [0.15, 0.2) is 5.96 Å². The summed E-state index contributed by atoms with van der Waals surface area (Å²) in [7, 11) is 1.72. The van der Waals surface area contributed by atoms with Crippen LogP contribution in [0.5, 0.6) is 0 Å². The second-order valence-electron chi connectivity index (χ2n) is 6.95. The zero-order chi connectivity index (χ0) is 21.6. The lowest BCUT2D eigenvalue weighted by Crippen LogP contribution is -2.39. The molecule has 0 spiro atoms. The van der Waals surface area contributed by atoms with Crippen LogP contribution in [0.1, 0.15) is 11.5 Å². The summed E-state index contributed by atoms with van der Waals surface area (Å²) in [6, 6.07) is 12.1. The fourth-order valence-electron chi connectivity index (χ4n) is 3.29. The molecule has 160 valence electrons. The maximum Gasteiger partial charge on any atom is 0.228 e. The number of H-pyrrole nitrogens is 1. The maximum absolute atomic E-state index is 13.3. The van der Waals surface area contributed by atoms with E-state index in [9.17, 15) is 4.39 Å². The molecule has 0 saturated heterocycles. The number of hydrogen-bond donors (Lipinski definition) is 3. The second-order valence-corrected chi connectivity index (χ2v) is 7.39. The van der Waals surface area contributed by atoms with E-state index in [0.717, 1.165) is 28.5 Å². The fraction of sp³-hybridized carbons (Fsp3) is 0.227. The van der Waals surface area contributed by atoms with Crippen LogP contribution >= 0.6 is 11.6 Å². The summed E-state index contributed by atoms with van der Waals surface area (Å²) in [6.07, 6.45) is 3.25. The monoisotopic (exact) mass is 440 g/mol. The highest BCUT2D eigenvalue weighted by Crippen LogP contribution is 2.20. The summed E-state index contributed by atoms with van der Waals surface area (Å²) in [5.74, 6) is 1.48. The number of halogens is 2. The Labute approximate surface area is 183 Å². The summed E-state index contributed by atoms with van der Waals surface area (Å²) >= 11 is 6.01. The van der Waals surface area contributed by atoms with Crippen molar-refractivity contribution in [1.82, 2.24) is 25.8 Å². The van der Waals surface area contributed by atoms with E-state index in [1.807, 2.05) is 18.3 Å². The molecule has 7 nitrogen and oxygen atoms in total.